The maximum absolute atomic E-state index is 12.0. The van der Waals surface area contributed by atoms with E-state index in [-0.39, 0.29) is 24.0 Å². The number of fused-ring (bicyclic) bond motifs is 1. The van der Waals surface area contributed by atoms with E-state index in [0.717, 1.165) is 12.1 Å². The molecule has 0 unspecified atom stereocenters. The Morgan fingerprint density at radius 1 is 1.41 bits per heavy atom. The molecule has 0 amide bonds. The minimum absolute atomic E-state index is 0.0492. The molecule has 1 aromatic rings. The van der Waals surface area contributed by atoms with Gasteiger partial charge in [-0.15, -0.1) is 0 Å². The number of carbonyl (C=O) groups is 1. The van der Waals surface area contributed by atoms with Crippen molar-refractivity contribution in [3.63, 3.8) is 0 Å². The topological polar surface area (TPSA) is 38.3 Å². The highest BCUT2D eigenvalue weighted by molar-refractivity contribution is 5.76. The van der Waals surface area contributed by atoms with E-state index in [4.69, 9.17) is 4.74 Å². The third-order valence-corrected chi connectivity index (χ3v) is 3.10. The third-order valence-electron chi connectivity index (χ3n) is 3.10. The Morgan fingerprint density at radius 3 is 2.82 bits per heavy atom. The fourth-order valence-electron chi connectivity index (χ4n) is 2.21. The summed E-state index contributed by atoms with van der Waals surface area (Å²) in [7, 11) is 0. The van der Waals surface area contributed by atoms with Crippen LogP contribution in [0, 0.1) is 5.92 Å². The number of nitrogens with one attached hydrogen (secondary N) is 1. The molecule has 0 bridgehead atoms. The Labute approximate surface area is 102 Å². The van der Waals surface area contributed by atoms with E-state index in [1.54, 1.807) is 0 Å². The lowest BCUT2D eigenvalue weighted by Crippen LogP contribution is -2.39. The van der Waals surface area contributed by atoms with Crippen LogP contribution in [-0.2, 0) is 16.0 Å². The van der Waals surface area contributed by atoms with Crippen molar-refractivity contribution in [3.8, 4) is 0 Å². The monoisotopic (exact) mass is 233 g/mol. The van der Waals surface area contributed by atoms with Gasteiger partial charge in [0.05, 0.1) is 12.0 Å². The summed E-state index contributed by atoms with van der Waals surface area (Å²) < 4.78 is 5.30. The Morgan fingerprint density at radius 2 is 2.12 bits per heavy atom. The van der Waals surface area contributed by atoms with E-state index in [0.29, 0.717) is 0 Å². The zero-order chi connectivity index (χ0) is 12.4. The largest absolute Gasteiger partial charge is 0.463 e. The molecule has 0 aromatic heterocycles. The third kappa shape index (κ3) is 2.60. The molecule has 92 valence electrons. The van der Waals surface area contributed by atoms with Crippen molar-refractivity contribution < 1.29 is 9.53 Å². The van der Waals surface area contributed by atoms with Gasteiger partial charge in [-0.3, -0.25) is 4.79 Å². The number of anilines is 1. The first-order valence-electron chi connectivity index (χ1n) is 6.13. The van der Waals surface area contributed by atoms with Gasteiger partial charge in [0.1, 0.15) is 0 Å². The van der Waals surface area contributed by atoms with Crippen LogP contribution in [0.2, 0.25) is 0 Å². The molecular weight excluding hydrogens is 214 g/mol. The molecule has 1 aromatic carbocycles. The van der Waals surface area contributed by atoms with Crippen LogP contribution >= 0.6 is 0 Å². The molecule has 0 saturated heterocycles. The summed E-state index contributed by atoms with van der Waals surface area (Å²) in [5.74, 6) is -0.193. The van der Waals surface area contributed by atoms with E-state index < -0.39 is 0 Å². The smallest absolute Gasteiger partial charge is 0.311 e. The van der Waals surface area contributed by atoms with Gasteiger partial charge in [-0.05, 0) is 38.8 Å². The van der Waals surface area contributed by atoms with E-state index in [1.165, 1.54) is 5.56 Å². The highest BCUT2D eigenvalue weighted by Gasteiger charge is 2.31. The Balaban J connectivity index is 2.14. The molecule has 2 rings (SSSR count). The second-order valence-corrected chi connectivity index (χ2v) is 4.89. The maximum atomic E-state index is 12.0. The van der Waals surface area contributed by atoms with Crippen LogP contribution in [0.1, 0.15) is 26.3 Å². The average molecular weight is 233 g/mol. The standard InChI is InChI=1S/C14H19NO2/c1-9(2)17-14(16)12-8-11-6-4-5-7-13(11)15-10(12)3/h4-7,9-10,12,15H,8H2,1-3H3/t10-,12-/m1/s1. The van der Waals surface area contributed by atoms with Crippen molar-refractivity contribution in [1.82, 2.24) is 0 Å². The van der Waals surface area contributed by atoms with Crippen LogP contribution < -0.4 is 5.32 Å². The van der Waals surface area contributed by atoms with E-state index in [2.05, 4.69) is 17.4 Å². The van der Waals surface area contributed by atoms with Crippen LogP contribution in [0.25, 0.3) is 0 Å². The SMILES string of the molecule is CC(C)OC(=O)[C@@H]1Cc2ccccc2N[C@@H]1C. The molecule has 3 heteroatoms. The second-order valence-electron chi connectivity index (χ2n) is 4.89. The van der Waals surface area contributed by atoms with Gasteiger partial charge in [-0.25, -0.2) is 0 Å². The first-order valence-corrected chi connectivity index (χ1v) is 6.13. The fourth-order valence-corrected chi connectivity index (χ4v) is 2.21. The minimum atomic E-state index is -0.102. The van der Waals surface area contributed by atoms with Crippen molar-refractivity contribution in [2.45, 2.75) is 39.3 Å². The van der Waals surface area contributed by atoms with Gasteiger partial charge < -0.3 is 10.1 Å². The van der Waals surface area contributed by atoms with Crippen LogP contribution in [0.4, 0.5) is 5.69 Å². The van der Waals surface area contributed by atoms with Gasteiger partial charge in [0.2, 0.25) is 0 Å². The molecule has 1 aliphatic rings. The van der Waals surface area contributed by atoms with Crippen LogP contribution in [0.5, 0.6) is 0 Å². The number of hydrogen-bond donors (Lipinski definition) is 1. The lowest BCUT2D eigenvalue weighted by Gasteiger charge is -2.31. The molecule has 1 aliphatic heterocycles. The number of rotatable bonds is 2. The average Bonchev–Trinajstić information content (AvgIpc) is 2.27. The van der Waals surface area contributed by atoms with Gasteiger partial charge in [-0.2, -0.15) is 0 Å². The molecule has 17 heavy (non-hydrogen) atoms. The lowest BCUT2D eigenvalue weighted by atomic mass is 9.88. The van der Waals surface area contributed by atoms with Crippen molar-refractivity contribution in [1.29, 1.82) is 0 Å². The summed E-state index contributed by atoms with van der Waals surface area (Å²) in [5, 5.41) is 3.36. The summed E-state index contributed by atoms with van der Waals surface area (Å²) in [6, 6.07) is 8.24. The highest BCUT2D eigenvalue weighted by atomic mass is 16.5. The molecule has 3 nitrogen and oxygen atoms in total. The van der Waals surface area contributed by atoms with E-state index in [1.807, 2.05) is 32.9 Å². The molecule has 1 N–H and O–H groups in total. The first-order chi connectivity index (χ1) is 8.08. The summed E-state index contributed by atoms with van der Waals surface area (Å²) >= 11 is 0. The van der Waals surface area contributed by atoms with Crippen LogP contribution in [0.3, 0.4) is 0 Å². The number of para-hydroxylation sites is 1. The van der Waals surface area contributed by atoms with Gasteiger partial charge in [0.25, 0.3) is 0 Å². The zero-order valence-electron chi connectivity index (χ0n) is 10.6. The first kappa shape index (κ1) is 12.0. The molecule has 0 aliphatic carbocycles. The zero-order valence-corrected chi connectivity index (χ0v) is 10.6. The molecule has 0 fully saturated rings. The number of carbonyl (C=O) groups excluding carboxylic acids is 1. The number of esters is 1. The van der Waals surface area contributed by atoms with Crippen LogP contribution in [-0.4, -0.2) is 18.1 Å². The van der Waals surface area contributed by atoms with Crippen molar-refractivity contribution in [3.05, 3.63) is 29.8 Å². The highest BCUT2D eigenvalue weighted by Crippen LogP contribution is 2.28. The Kier molecular flexibility index (Phi) is 3.36. The van der Waals surface area contributed by atoms with Crippen molar-refractivity contribution >= 4 is 11.7 Å². The molecular formula is C14H19NO2. The summed E-state index contributed by atoms with van der Waals surface area (Å²) in [5.41, 5.74) is 2.32. The number of benzene rings is 1. The molecule has 0 saturated carbocycles. The molecule has 0 spiro atoms. The van der Waals surface area contributed by atoms with E-state index >= 15 is 0 Å². The fraction of sp³-hybridized carbons (Fsp3) is 0.500. The predicted molar refractivity (Wildman–Crippen MR) is 67.9 cm³/mol. The second kappa shape index (κ2) is 4.78. The number of ether oxygens (including phenoxy) is 1. The van der Waals surface area contributed by atoms with Gasteiger partial charge in [-0.1, -0.05) is 18.2 Å². The maximum Gasteiger partial charge on any atom is 0.311 e. The predicted octanol–water partition coefficient (Wildman–Crippen LogP) is 2.61. The number of hydrogen-bond acceptors (Lipinski definition) is 3. The molecule has 0 radical (unpaired) electrons. The summed E-state index contributed by atoms with van der Waals surface area (Å²) in [6.45, 7) is 5.79. The summed E-state index contributed by atoms with van der Waals surface area (Å²) in [4.78, 5) is 12.0. The molecule has 2 atom stereocenters. The van der Waals surface area contributed by atoms with Gasteiger partial charge >= 0.3 is 5.97 Å². The Bertz CT molecular complexity index is 414. The van der Waals surface area contributed by atoms with Gasteiger partial charge in [0, 0.05) is 11.7 Å². The molecule has 1 heterocycles. The van der Waals surface area contributed by atoms with Crippen molar-refractivity contribution in [2.24, 2.45) is 5.92 Å². The van der Waals surface area contributed by atoms with E-state index in [9.17, 15) is 4.79 Å². The minimum Gasteiger partial charge on any atom is -0.463 e. The summed E-state index contributed by atoms with van der Waals surface area (Å²) in [6.07, 6.45) is 0.711. The quantitative estimate of drug-likeness (QED) is 0.798. The van der Waals surface area contributed by atoms with Gasteiger partial charge in [0.15, 0.2) is 0 Å². The van der Waals surface area contributed by atoms with Crippen molar-refractivity contribution in [2.75, 3.05) is 5.32 Å². The lowest BCUT2D eigenvalue weighted by molar-refractivity contribution is -0.152. The Hall–Kier alpha value is -1.51. The normalized spacial score (nSPS) is 22.8. The van der Waals surface area contributed by atoms with Crippen LogP contribution in [0.15, 0.2) is 24.3 Å².